The fourth-order valence-electron chi connectivity index (χ4n) is 2.25. The summed E-state index contributed by atoms with van der Waals surface area (Å²) in [6, 6.07) is 14.0. The molecule has 0 aromatic heterocycles. The summed E-state index contributed by atoms with van der Waals surface area (Å²) >= 11 is 0. The number of ketones is 1. The maximum atomic E-state index is 11.4. The molecule has 1 aliphatic carbocycles. The van der Waals surface area contributed by atoms with E-state index < -0.39 is 0 Å². The molecule has 0 heterocycles. The number of allylic oxidation sites excluding steroid dienone is 3. The third-order valence-electron chi connectivity index (χ3n) is 3.49. The number of nitrogens with zero attached hydrogens (tertiary/aromatic N) is 1. The smallest absolute Gasteiger partial charge is 0.182 e. The summed E-state index contributed by atoms with van der Waals surface area (Å²) in [5.41, 5.74) is 1.82. The van der Waals surface area contributed by atoms with Gasteiger partial charge in [-0.3, -0.25) is 4.79 Å². The Balaban J connectivity index is 1.68. The molecule has 0 unspecified atom stereocenters. The Labute approximate surface area is 144 Å². The van der Waals surface area contributed by atoms with Crippen LogP contribution in [0.2, 0.25) is 0 Å². The highest BCUT2D eigenvalue weighted by atomic mass is 16.5. The van der Waals surface area contributed by atoms with Crippen LogP contribution in [0.3, 0.4) is 0 Å². The molecule has 0 fully saturated rings. The summed E-state index contributed by atoms with van der Waals surface area (Å²) < 4.78 is 11.4. The molecule has 124 valence electrons. The van der Waals surface area contributed by atoms with Gasteiger partial charge in [0.1, 0.15) is 29.6 Å². The van der Waals surface area contributed by atoms with Crippen molar-refractivity contribution in [2.75, 3.05) is 0 Å². The highest BCUT2D eigenvalue weighted by Gasteiger charge is 2.11. The van der Waals surface area contributed by atoms with Crippen molar-refractivity contribution >= 4 is 11.5 Å². The van der Waals surface area contributed by atoms with Gasteiger partial charge in [-0.05, 0) is 47.2 Å². The predicted octanol–water partition coefficient (Wildman–Crippen LogP) is 4.62. The van der Waals surface area contributed by atoms with Gasteiger partial charge < -0.3 is 9.47 Å². The molecule has 0 spiro atoms. The number of hydrogen-bond acceptors (Lipinski definition) is 5. The maximum Gasteiger partial charge on any atom is 0.182 e. The summed E-state index contributed by atoms with van der Waals surface area (Å²) in [4.78, 5) is 22.0. The zero-order valence-electron chi connectivity index (χ0n) is 13.3. The van der Waals surface area contributed by atoms with Crippen LogP contribution in [0.5, 0.6) is 11.5 Å². The Hall–Kier alpha value is -3.47. The summed E-state index contributed by atoms with van der Waals surface area (Å²) in [5, 5.41) is 2.91. The third-order valence-corrected chi connectivity index (χ3v) is 3.49. The van der Waals surface area contributed by atoms with E-state index in [4.69, 9.17) is 9.47 Å². The van der Waals surface area contributed by atoms with Crippen molar-refractivity contribution in [3.63, 3.8) is 0 Å². The predicted molar refractivity (Wildman–Crippen MR) is 94.7 cm³/mol. The molecule has 2 aromatic rings. The van der Waals surface area contributed by atoms with E-state index >= 15 is 0 Å². The second-order valence-electron chi connectivity index (χ2n) is 5.40. The Bertz CT molecular complexity index is 896. The molecule has 0 saturated carbocycles. The van der Waals surface area contributed by atoms with E-state index in [1.165, 1.54) is 12.2 Å². The minimum atomic E-state index is -0.140. The van der Waals surface area contributed by atoms with Crippen LogP contribution in [0.15, 0.2) is 89.8 Å². The van der Waals surface area contributed by atoms with Crippen molar-refractivity contribution in [3.8, 4) is 11.5 Å². The molecule has 3 rings (SSSR count). The van der Waals surface area contributed by atoms with E-state index in [-0.39, 0.29) is 5.78 Å². The van der Waals surface area contributed by atoms with E-state index in [1.807, 2.05) is 6.07 Å². The van der Waals surface area contributed by atoms with Crippen molar-refractivity contribution in [1.29, 1.82) is 0 Å². The van der Waals surface area contributed by atoms with Crippen LogP contribution in [0.1, 0.15) is 5.56 Å². The third kappa shape index (κ3) is 4.29. The minimum absolute atomic E-state index is 0.140. The van der Waals surface area contributed by atoms with Crippen molar-refractivity contribution < 1.29 is 14.3 Å². The summed E-state index contributed by atoms with van der Waals surface area (Å²) in [7, 11) is 0. The molecule has 5 nitrogen and oxygen atoms in total. The van der Waals surface area contributed by atoms with Gasteiger partial charge in [0.25, 0.3) is 0 Å². The van der Waals surface area contributed by atoms with Gasteiger partial charge in [0.05, 0.1) is 0 Å². The van der Waals surface area contributed by atoms with Gasteiger partial charge in [0.2, 0.25) is 0 Å². The van der Waals surface area contributed by atoms with Crippen LogP contribution in [0.25, 0.3) is 0 Å². The standard InChI is InChI=1S/C20H15NO4/c1-14-8-9-17(22)11-20(14)25-19-7-3-6-18(12-19)24-13-15-4-2-5-16(10-15)21-23/h2-12H,1,13H2. The topological polar surface area (TPSA) is 65.0 Å². The van der Waals surface area contributed by atoms with Crippen molar-refractivity contribution in [3.05, 3.63) is 95.1 Å². The molecule has 1 aliphatic rings. The Kier molecular flexibility index (Phi) is 4.85. The van der Waals surface area contributed by atoms with E-state index in [0.717, 1.165) is 5.56 Å². The lowest BCUT2D eigenvalue weighted by Gasteiger charge is -2.13. The van der Waals surface area contributed by atoms with Gasteiger partial charge in [0.15, 0.2) is 5.78 Å². The number of ether oxygens (including phenoxy) is 2. The fourth-order valence-corrected chi connectivity index (χ4v) is 2.25. The molecular weight excluding hydrogens is 318 g/mol. The lowest BCUT2D eigenvalue weighted by Crippen LogP contribution is -2.05. The molecule has 2 aromatic carbocycles. The van der Waals surface area contributed by atoms with E-state index in [0.29, 0.717) is 35.1 Å². The summed E-state index contributed by atoms with van der Waals surface area (Å²) in [6.45, 7) is 4.14. The molecule has 0 amide bonds. The number of benzene rings is 2. The van der Waals surface area contributed by atoms with Crippen molar-refractivity contribution in [1.82, 2.24) is 0 Å². The molecular formula is C20H15NO4. The van der Waals surface area contributed by atoms with Crippen LogP contribution >= 0.6 is 0 Å². The first-order chi connectivity index (χ1) is 12.1. The Morgan fingerprint density at radius 2 is 1.80 bits per heavy atom. The van der Waals surface area contributed by atoms with Crippen LogP contribution in [0, 0.1) is 4.91 Å². The maximum absolute atomic E-state index is 11.4. The second kappa shape index (κ2) is 7.40. The molecule has 0 aliphatic heterocycles. The van der Waals surface area contributed by atoms with Gasteiger partial charge >= 0.3 is 0 Å². The van der Waals surface area contributed by atoms with Crippen LogP contribution < -0.4 is 9.47 Å². The lowest BCUT2D eigenvalue weighted by atomic mass is 10.1. The van der Waals surface area contributed by atoms with E-state index in [9.17, 15) is 9.70 Å². The minimum Gasteiger partial charge on any atom is -0.489 e. The molecule has 0 atom stereocenters. The number of hydrogen-bond donors (Lipinski definition) is 0. The first-order valence-corrected chi connectivity index (χ1v) is 7.60. The SMILES string of the molecule is C=C1C=CC(=O)C=C1Oc1cccc(OCc2cccc(N=O)c2)c1. The van der Waals surface area contributed by atoms with Crippen molar-refractivity contribution in [2.45, 2.75) is 6.61 Å². The largest absolute Gasteiger partial charge is 0.489 e. The lowest BCUT2D eigenvalue weighted by molar-refractivity contribution is -0.110. The normalized spacial score (nSPS) is 13.4. The molecule has 0 saturated heterocycles. The Morgan fingerprint density at radius 3 is 2.64 bits per heavy atom. The average molecular weight is 333 g/mol. The summed E-state index contributed by atoms with van der Waals surface area (Å²) in [5.74, 6) is 1.41. The molecule has 25 heavy (non-hydrogen) atoms. The van der Waals surface area contributed by atoms with Crippen LogP contribution in [0.4, 0.5) is 5.69 Å². The quantitative estimate of drug-likeness (QED) is 0.723. The van der Waals surface area contributed by atoms with E-state index in [2.05, 4.69) is 11.8 Å². The zero-order chi connectivity index (χ0) is 17.6. The molecule has 0 bridgehead atoms. The Morgan fingerprint density at radius 1 is 1.00 bits per heavy atom. The van der Waals surface area contributed by atoms with Crippen LogP contribution in [-0.4, -0.2) is 5.78 Å². The van der Waals surface area contributed by atoms with Gasteiger partial charge in [-0.1, -0.05) is 24.8 Å². The van der Waals surface area contributed by atoms with E-state index in [1.54, 1.807) is 48.5 Å². The van der Waals surface area contributed by atoms with Gasteiger partial charge in [0, 0.05) is 17.7 Å². The number of carbonyl (C=O) groups is 1. The molecule has 5 heteroatoms. The fraction of sp³-hybridized carbons (Fsp3) is 0.0500. The van der Waals surface area contributed by atoms with Gasteiger partial charge in [-0.2, -0.15) is 0 Å². The highest BCUT2D eigenvalue weighted by Crippen LogP contribution is 2.25. The van der Waals surface area contributed by atoms with Gasteiger partial charge in [-0.25, -0.2) is 0 Å². The van der Waals surface area contributed by atoms with Crippen molar-refractivity contribution in [2.24, 2.45) is 5.18 Å². The first-order valence-electron chi connectivity index (χ1n) is 7.60. The molecule has 0 N–H and O–H groups in total. The monoisotopic (exact) mass is 333 g/mol. The number of nitroso groups, excluding NO2 is 1. The number of carbonyl (C=O) groups excluding carboxylic acids is 1. The zero-order valence-corrected chi connectivity index (χ0v) is 13.3. The number of rotatable bonds is 6. The average Bonchev–Trinajstić information content (AvgIpc) is 2.63. The van der Waals surface area contributed by atoms with Gasteiger partial charge in [-0.15, -0.1) is 4.91 Å². The summed E-state index contributed by atoms with van der Waals surface area (Å²) in [6.07, 6.45) is 4.46. The van der Waals surface area contributed by atoms with Crippen LogP contribution in [-0.2, 0) is 11.4 Å². The highest BCUT2D eigenvalue weighted by molar-refractivity contribution is 6.02. The first kappa shape index (κ1) is 16.4. The molecule has 0 radical (unpaired) electrons. The second-order valence-corrected chi connectivity index (χ2v) is 5.40.